The van der Waals surface area contributed by atoms with Gasteiger partial charge in [-0.15, -0.1) is 0 Å². The SMILES string of the molecule is Cc1occc1C(=O)NC1CCCCC1C. The highest BCUT2D eigenvalue weighted by Crippen LogP contribution is 2.24. The highest BCUT2D eigenvalue weighted by Gasteiger charge is 2.24. The number of furan rings is 1. The van der Waals surface area contributed by atoms with Gasteiger partial charge in [0.2, 0.25) is 0 Å². The Kier molecular flexibility index (Phi) is 3.32. The molecule has 1 aromatic rings. The predicted octanol–water partition coefficient (Wildman–Crippen LogP) is 2.90. The van der Waals surface area contributed by atoms with E-state index in [0.717, 1.165) is 6.42 Å². The van der Waals surface area contributed by atoms with Gasteiger partial charge in [-0.1, -0.05) is 19.8 Å². The lowest BCUT2D eigenvalue weighted by Gasteiger charge is -2.29. The topological polar surface area (TPSA) is 42.2 Å². The molecule has 1 aliphatic rings. The maximum Gasteiger partial charge on any atom is 0.255 e. The number of aryl methyl sites for hydroxylation is 1. The Morgan fingerprint density at radius 3 is 2.81 bits per heavy atom. The van der Waals surface area contributed by atoms with Crippen molar-refractivity contribution in [2.45, 2.75) is 45.6 Å². The number of hydrogen-bond acceptors (Lipinski definition) is 2. The molecule has 0 radical (unpaired) electrons. The van der Waals surface area contributed by atoms with Crippen LogP contribution < -0.4 is 5.32 Å². The third-order valence-corrected chi connectivity index (χ3v) is 3.53. The second kappa shape index (κ2) is 4.73. The molecule has 1 aromatic heterocycles. The largest absolute Gasteiger partial charge is 0.469 e. The summed E-state index contributed by atoms with van der Waals surface area (Å²) in [5.74, 6) is 1.29. The van der Waals surface area contributed by atoms with Gasteiger partial charge in [0.25, 0.3) is 5.91 Å². The van der Waals surface area contributed by atoms with Gasteiger partial charge in [-0.2, -0.15) is 0 Å². The van der Waals surface area contributed by atoms with Crippen molar-refractivity contribution in [2.75, 3.05) is 0 Å². The standard InChI is InChI=1S/C13H19NO2/c1-9-5-3-4-6-12(9)14-13(15)11-7-8-16-10(11)2/h7-9,12H,3-6H2,1-2H3,(H,14,15). The van der Waals surface area contributed by atoms with Gasteiger partial charge in [0.15, 0.2) is 0 Å². The predicted molar refractivity (Wildman–Crippen MR) is 62.3 cm³/mol. The maximum atomic E-state index is 12.0. The zero-order valence-electron chi connectivity index (χ0n) is 9.95. The van der Waals surface area contributed by atoms with Gasteiger partial charge < -0.3 is 9.73 Å². The first kappa shape index (κ1) is 11.2. The molecule has 1 heterocycles. The van der Waals surface area contributed by atoms with Gasteiger partial charge in [0.1, 0.15) is 5.76 Å². The molecular weight excluding hydrogens is 202 g/mol. The molecule has 1 fully saturated rings. The molecule has 0 bridgehead atoms. The van der Waals surface area contributed by atoms with Crippen molar-refractivity contribution in [2.24, 2.45) is 5.92 Å². The van der Waals surface area contributed by atoms with E-state index >= 15 is 0 Å². The second-order valence-corrected chi connectivity index (χ2v) is 4.73. The lowest BCUT2D eigenvalue weighted by molar-refractivity contribution is 0.0909. The normalized spacial score (nSPS) is 25.4. The number of carbonyl (C=O) groups excluding carboxylic acids is 1. The van der Waals surface area contributed by atoms with Gasteiger partial charge >= 0.3 is 0 Å². The van der Waals surface area contributed by atoms with E-state index in [1.807, 2.05) is 6.92 Å². The minimum absolute atomic E-state index is 0.00463. The monoisotopic (exact) mass is 221 g/mol. The molecule has 2 unspecified atom stereocenters. The van der Waals surface area contributed by atoms with Crippen LogP contribution in [0, 0.1) is 12.8 Å². The van der Waals surface area contributed by atoms with Gasteiger partial charge in [0.05, 0.1) is 11.8 Å². The van der Waals surface area contributed by atoms with Crippen molar-refractivity contribution in [1.29, 1.82) is 0 Å². The lowest BCUT2D eigenvalue weighted by atomic mass is 9.86. The van der Waals surface area contributed by atoms with Crippen molar-refractivity contribution in [3.8, 4) is 0 Å². The third-order valence-electron chi connectivity index (χ3n) is 3.53. The molecule has 1 amide bonds. The average molecular weight is 221 g/mol. The molecule has 1 N–H and O–H groups in total. The average Bonchev–Trinajstić information content (AvgIpc) is 2.68. The van der Waals surface area contributed by atoms with E-state index in [2.05, 4.69) is 12.2 Å². The van der Waals surface area contributed by atoms with Crippen LogP contribution in [-0.4, -0.2) is 11.9 Å². The van der Waals surface area contributed by atoms with E-state index < -0.39 is 0 Å². The van der Waals surface area contributed by atoms with Crippen LogP contribution in [0.2, 0.25) is 0 Å². The fourth-order valence-electron chi connectivity index (χ4n) is 2.40. The lowest BCUT2D eigenvalue weighted by Crippen LogP contribution is -2.41. The zero-order valence-corrected chi connectivity index (χ0v) is 9.95. The molecule has 1 saturated carbocycles. The Bertz CT molecular complexity index is 370. The number of nitrogens with one attached hydrogen (secondary N) is 1. The van der Waals surface area contributed by atoms with Crippen LogP contribution in [-0.2, 0) is 0 Å². The summed E-state index contributed by atoms with van der Waals surface area (Å²) < 4.78 is 5.14. The molecule has 16 heavy (non-hydrogen) atoms. The van der Waals surface area contributed by atoms with E-state index in [4.69, 9.17) is 4.42 Å². The van der Waals surface area contributed by atoms with Crippen molar-refractivity contribution < 1.29 is 9.21 Å². The van der Waals surface area contributed by atoms with E-state index in [1.165, 1.54) is 19.3 Å². The molecular formula is C13H19NO2. The van der Waals surface area contributed by atoms with Gasteiger partial charge in [-0.25, -0.2) is 0 Å². The summed E-state index contributed by atoms with van der Waals surface area (Å²) in [6, 6.07) is 2.06. The number of carbonyl (C=O) groups is 1. The van der Waals surface area contributed by atoms with Crippen LogP contribution >= 0.6 is 0 Å². The molecule has 1 aliphatic carbocycles. The Labute approximate surface area is 96.2 Å². The summed E-state index contributed by atoms with van der Waals surface area (Å²) in [5.41, 5.74) is 0.665. The van der Waals surface area contributed by atoms with Crippen LogP contribution in [0.3, 0.4) is 0 Å². The van der Waals surface area contributed by atoms with E-state index in [-0.39, 0.29) is 5.91 Å². The summed E-state index contributed by atoms with van der Waals surface area (Å²) in [5, 5.41) is 3.11. The molecule has 0 saturated heterocycles. The highest BCUT2D eigenvalue weighted by molar-refractivity contribution is 5.95. The van der Waals surface area contributed by atoms with Crippen LogP contribution in [0.1, 0.15) is 48.7 Å². The molecule has 0 aromatic carbocycles. The van der Waals surface area contributed by atoms with Crippen molar-refractivity contribution in [3.05, 3.63) is 23.7 Å². The summed E-state index contributed by atoms with van der Waals surface area (Å²) in [6.45, 7) is 4.03. The van der Waals surface area contributed by atoms with Gasteiger partial charge in [0, 0.05) is 6.04 Å². The number of hydrogen-bond donors (Lipinski definition) is 1. The van der Waals surface area contributed by atoms with Crippen molar-refractivity contribution in [1.82, 2.24) is 5.32 Å². The molecule has 3 nitrogen and oxygen atoms in total. The van der Waals surface area contributed by atoms with E-state index in [9.17, 15) is 4.79 Å². The summed E-state index contributed by atoms with van der Waals surface area (Å²) in [6.07, 6.45) is 6.39. The van der Waals surface area contributed by atoms with Crippen LogP contribution in [0.5, 0.6) is 0 Å². The van der Waals surface area contributed by atoms with Crippen LogP contribution in [0.15, 0.2) is 16.7 Å². The van der Waals surface area contributed by atoms with Crippen LogP contribution in [0.25, 0.3) is 0 Å². The Hall–Kier alpha value is -1.25. The first-order chi connectivity index (χ1) is 7.68. The van der Waals surface area contributed by atoms with Gasteiger partial charge in [-0.05, 0) is 31.7 Å². The maximum absolute atomic E-state index is 12.0. The molecule has 88 valence electrons. The minimum atomic E-state index is 0.00463. The summed E-state index contributed by atoms with van der Waals surface area (Å²) >= 11 is 0. The fraction of sp³-hybridized carbons (Fsp3) is 0.615. The Morgan fingerprint density at radius 2 is 2.19 bits per heavy atom. The third kappa shape index (κ3) is 2.29. The quantitative estimate of drug-likeness (QED) is 0.834. The number of amides is 1. The molecule has 0 aliphatic heterocycles. The van der Waals surface area contributed by atoms with Crippen LogP contribution in [0.4, 0.5) is 0 Å². The first-order valence-corrected chi connectivity index (χ1v) is 6.03. The summed E-state index contributed by atoms with van der Waals surface area (Å²) in [7, 11) is 0. The number of rotatable bonds is 2. The van der Waals surface area contributed by atoms with E-state index in [1.54, 1.807) is 12.3 Å². The molecule has 0 spiro atoms. The van der Waals surface area contributed by atoms with E-state index in [0.29, 0.717) is 23.3 Å². The Balaban J connectivity index is 1.99. The highest BCUT2D eigenvalue weighted by atomic mass is 16.3. The first-order valence-electron chi connectivity index (χ1n) is 6.03. The van der Waals surface area contributed by atoms with Crippen molar-refractivity contribution in [3.63, 3.8) is 0 Å². The molecule has 3 heteroatoms. The second-order valence-electron chi connectivity index (χ2n) is 4.73. The molecule has 2 atom stereocenters. The van der Waals surface area contributed by atoms with Crippen molar-refractivity contribution >= 4 is 5.91 Å². The Morgan fingerprint density at radius 1 is 1.44 bits per heavy atom. The zero-order chi connectivity index (χ0) is 11.5. The fourth-order valence-corrected chi connectivity index (χ4v) is 2.40. The summed E-state index contributed by atoms with van der Waals surface area (Å²) in [4.78, 5) is 12.0. The van der Waals surface area contributed by atoms with Gasteiger partial charge in [-0.3, -0.25) is 4.79 Å². The minimum Gasteiger partial charge on any atom is -0.469 e. The molecule has 2 rings (SSSR count). The smallest absolute Gasteiger partial charge is 0.255 e.